The van der Waals surface area contributed by atoms with E-state index in [-0.39, 0.29) is 11.9 Å². The van der Waals surface area contributed by atoms with Gasteiger partial charge in [-0.05, 0) is 44.1 Å². The lowest BCUT2D eigenvalue weighted by Crippen LogP contribution is -2.36. The van der Waals surface area contributed by atoms with Crippen LogP contribution in [0.25, 0.3) is 0 Å². The van der Waals surface area contributed by atoms with Crippen LogP contribution in [0.2, 0.25) is 0 Å². The molecule has 122 valence electrons. The number of esters is 1. The lowest BCUT2D eigenvalue weighted by Gasteiger charge is -2.34. The minimum absolute atomic E-state index is 0.0178. The van der Waals surface area contributed by atoms with E-state index in [1.807, 2.05) is 44.2 Å². The Labute approximate surface area is 135 Å². The van der Waals surface area contributed by atoms with Crippen LogP contribution in [0.1, 0.15) is 65.4 Å². The zero-order chi connectivity index (χ0) is 16.2. The zero-order valence-electron chi connectivity index (χ0n) is 14.5. The van der Waals surface area contributed by atoms with Crippen molar-refractivity contribution in [2.24, 2.45) is 17.8 Å². The normalized spacial score (nSPS) is 18.2. The monoisotopic (exact) mass is 302 g/mol. The molecule has 1 aliphatic carbocycles. The first-order chi connectivity index (χ1) is 10.4. The van der Waals surface area contributed by atoms with Crippen LogP contribution in [-0.4, -0.2) is 5.97 Å². The summed E-state index contributed by atoms with van der Waals surface area (Å²) in [5.74, 6) is 0.842. The first-order valence-electron chi connectivity index (χ1n) is 8.70. The standard InChI is InChI=1S/C20H30O2/c1-15(2)18(16-11-7-5-8-12-16)19(21)22-20(3,4)17-13-9-6-10-14-17/h6,9-10,13-16,18H,5,7-8,11-12H2,1-4H3. The van der Waals surface area contributed by atoms with E-state index in [2.05, 4.69) is 13.8 Å². The molecule has 1 aromatic rings. The van der Waals surface area contributed by atoms with Crippen molar-refractivity contribution < 1.29 is 9.53 Å². The second-order valence-electron chi connectivity index (χ2n) is 7.47. The molecule has 0 saturated heterocycles. The summed E-state index contributed by atoms with van der Waals surface area (Å²) in [5, 5.41) is 0. The summed E-state index contributed by atoms with van der Waals surface area (Å²) in [5.41, 5.74) is 0.481. The molecule has 1 atom stereocenters. The highest BCUT2D eigenvalue weighted by molar-refractivity contribution is 5.73. The van der Waals surface area contributed by atoms with Crippen LogP contribution < -0.4 is 0 Å². The molecule has 1 aromatic carbocycles. The smallest absolute Gasteiger partial charge is 0.310 e. The molecule has 22 heavy (non-hydrogen) atoms. The minimum atomic E-state index is -0.569. The quantitative estimate of drug-likeness (QED) is 0.688. The lowest BCUT2D eigenvalue weighted by atomic mass is 9.75. The molecule has 1 unspecified atom stereocenters. The third-order valence-electron chi connectivity index (χ3n) is 4.97. The molecule has 0 amide bonds. The fourth-order valence-electron chi connectivity index (χ4n) is 3.72. The van der Waals surface area contributed by atoms with Gasteiger partial charge in [-0.2, -0.15) is 0 Å². The van der Waals surface area contributed by atoms with Crippen molar-refractivity contribution in [1.82, 2.24) is 0 Å². The molecule has 0 aromatic heterocycles. The number of rotatable bonds is 5. The summed E-state index contributed by atoms with van der Waals surface area (Å²) < 4.78 is 5.96. The molecule has 0 spiro atoms. The van der Waals surface area contributed by atoms with Crippen molar-refractivity contribution in [2.75, 3.05) is 0 Å². The van der Waals surface area contributed by atoms with E-state index in [1.54, 1.807) is 0 Å². The SMILES string of the molecule is CC(C)C(C(=O)OC(C)(C)c1ccccc1)C1CCCCC1. The van der Waals surface area contributed by atoms with Crippen molar-refractivity contribution in [3.8, 4) is 0 Å². The van der Waals surface area contributed by atoms with Crippen molar-refractivity contribution in [3.63, 3.8) is 0 Å². The van der Waals surface area contributed by atoms with Crippen LogP contribution in [0.3, 0.4) is 0 Å². The Morgan fingerprint density at radius 2 is 1.68 bits per heavy atom. The van der Waals surface area contributed by atoms with Gasteiger partial charge in [-0.15, -0.1) is 0 Å². The maximum Gasteiger partial charge on any atom is 0.310 e. The zero-order valence-corrected chi connectivity index (χ0v) is 14.5. The lowest BCUT2D eigenvalue weighted by molar-refractivity contribution is -0.167. The average molecular weight is 302 g/mol. The maximum absolute atomic E-state index is 12.9. The molecule has 2 nitrogen and oxygen atoms in total. The van der Waals surface area contributed by atoms with E-state index >= 15 is 0 Å². The highest BCUT2D eigenvalue weighted by Crippen LogP contribution is 2.36. The van der Waals surface area contributed by atoms with E-state index in [1.165, 1.54) is 32.1 Å². The summed E-state index contributed by atoms with van der Waals surface area (Å²) in [6.45, 7) is 8.27. The first kappa shape index (κ1) is 17.1. The molecule has 0 bridgehead atoms. The molecule has 1 fully saturated rings. The predicted molar refractivity (Wildman–Crippen MR) is 90.5 cm³/mol. The van der Waals surface area contributed by atoms with E-state index in [0.29, 0.717) is 11.8 Å². The van der Waals surface area contributed by atoms with Crippen molar-refractivity contribution in [1.29, 1.82) is 0 Å². The molecule has 0 heterocycles. The minimum Gasteiger partial charge on any atom is -0.455 e. The molecule has 0 radical (unpaired) electrons. The summed E-state index contributed by atoms with van der Waals surface area (Å²) >= 11 is 0. The van der Waals surface area contributed by atoms with Crippen molar-refractivity contribution in [3.05, 3.63) is 35.9 Å². The summed E-state index contributed by atoms with van der Waals surface area (Å²) in [7, 11) is 0. The van der Waals surface area contributed by atoms with Gasteiger partial charge in [0.15, 0.2) is 0 Å². The van der Waals surface area contributed by atoms with Gasteiger partial charge in [0.25, 0.3) is 0 Å². The van der Waals surface area contributed by atoms with Gasteiger partial charge in [-0.3, -0.25) is 4.79 Å². The Bertz CT molecular complexity index is 470. The molecular formula is C20H30O2. The van der Waals surface area contributed by atoms with E-state index in [0.717, 1.165) is 5.56 Å². The van der Waals surface area contributed by atoms with Crippen LogP contribution in [0.4, 0.5) is 0 Å². The number of carbonyl (C=O) groups excluding carboxylic acids is 1. The third-order valence-corrected chi connectivity index (χ3v) is 4.97. The second kappa shape index (κ2) is 7.30. The molecule has 0 N–H and O–H groups in total. The topological polar surface area (TPSA) is 26.3 Å². The second-order valence-corrected chi connectivity index (χ2v) is 7.47. The van der Waals surface area contributed by atoms with Gasteiger partial charge >= 0.3 is 5.97 Å². The fraction of sp³-hybridized carbons (Fsp3) is 0.650. The maximum atomic E-state index is 12.9. The molecule has 1 aliphatic rings. The molecule has 2 rings (SSSR count). The van der Waals surface area contributed by atoms with Gasteiger partial charge in [0.05, 0.1) is 5.92 Å². The van der Waals surface area contributed by atoms with Gasteiger partial charge in [0.1, 0.15) is 5.60 Å². The number of hydrogen-bond acceptors (Lipinski definition) is 2. The molecule has 2 heteroatoms. The predicted octanol–water partition coefficient (Wildman–Crippen LogP) is 5.32. The van der Waals surface area contributed by atoms with Gasteiger partial charge < -0.3 is 4.74 Å². The highest BCUT2D eigenvalue weighted by atomic mass is 16.6. The van der Waals surface area contributed by atoms with Crippen LogP contribution >= 0.6 is 0 Å². The van der Waals surface area contributed by atoms with E-state index in [4.69, 9.17) is 4.74 Å². The largest absolute Gasteiger partial charge is 0.455 e. The summed E-state index contributed by atoms with van der Waals surface area (Å²) in [6.07, 6.45) is 6.16. The number of carbonyl (C=O) groups is 1. The van der Waals surface area contributed by atoms with E-state index in [9.17, 15) is 4.79 Å². The van der Waals surface area contributed by atoms with Gasteiger partial charge in [-0.1, -0.05) is 63.4 Å². The Hall–Kier alpha value is -1.31. The van der Waals surface area contributed by atoms with Gasteiger partial charge in [0, 0.05) is 0 Å². The van der Waals surface area contributed by atoms with Gasteiger partial charge in [0.2, 0.25) is 0 Å². The number of ether oxygens (including phenoxy) is 1. The average Bonchev–Trinajstić information content (AvgIpc) is 2.48. The van der Waals surface area contributed by atoms with Gasteiger partial charge in [-0.25, -0.2) is 0 Å². The number of benzene rings is 1. The van der Waals surface area contributed by atoms with Crippen molar-refractivity contribution >= 4 is 5.97 Å². The number of hydrogen-bond donors (Lipinski definition) is 0. The molecule has 1 saturated carbocycles. The third kappa shape index (κ3) is 4.12. The molecule has 0 aliphatic heterocycles. The summed E-state index contributed by atoms with van der Waals surface area (Å²) in [6, 6.07) is 10.0. The Kier molecular flexibility index (Phi) is 5.66. The Morgan fingerprint density at radius 3 is 2.23 bits per heavy atom. The molecular weight excluding hydrogens is 272 g/mol. The van der Waals surface area contributed by atoms with E-state index < -0.39 is 5.60 Å². The Balaban J connectivity index is 2.10. The van der Waals surface area contributed by atoms with Crippen LogP contribution in [0.5, 0.6) is 0 Å². The summed E-state index contributed by atoms with van der Waals surface area (Å²) in [4.78, 5) is 12.9. The van der Waals surface area contributed by atoms with Crippen LogP contribution in [0.15, 0.2) is 30.3 Å². The van der Waals surface area contributed by atoms with Crippen molar-refractivity contribution in [2.45, 2.75) is 65.4 Å². The fourth-order valence-corrected chi connectivity index (χ4v) is 3.72. The van der Waals surface area contributed by atoms with Crippen LogP contribution in [0, 0.1) is 17.8 Å². The highest BCUT2D eigenvalue weighted by Gasteiger charge is 2.36. The first-order valence-corrected chi connectivity index (χ1v) is 8.70. The Morgan fingerprint density at radius 1 is 1.09 bits per heavy atom. The van der Waals surface area contributed by atoms with Crippen LogP contribution in [-0.2, 0) is 15.1 Å².